The number of anilines is 1. The van der Waals surface area contributed by atoms with E-state index in [1.807, 2.05) is 0 Å². The fourth-order valence-corrected chi connectivity index (χ4v) is 3.25. The minimum Gasteiger partial charge on any atom is -0.406 e. The second-order valence-electron chi connectivity index (χ2n) is 6.22. The number of rotatable bonds is 3. The van der Waals surface area contributed by atoms with E-state index in [0.717, 1.165) is 25.2 Å². The number of ether oxygens (including phenoxy) is 1. The molecule has 0 radical (unpaired) electrons. The van der Waals surface area contributed by atoms with E-state index in [1.54, 1.807) is 11.0 Å². The maximum absolute atomic E-state index is 12.6. The zero-order valence-electron chi connectivity index (χ0n) is 13.8. The lowest BCUT2D eigenvalue weighted by Gasteiger charge is -2.32. The predicted molar refractivity (Wildman–Crippen MR) is 90.3 cm³/mol. The number of halogens is 4. The van der Waals surface area contributed by atoms with Crippen LogP contribution >= 0.6 is 12.4 Å². The Morgan fingerprint density at radius 2 is 2.12 bits per heavy atom. The lowest BCUT2D eigenvalue weighted by atomic mass is 10.1. The predicted octanol–water partition coefficient (Wildman–Crippen LogP) is 2.19. The molecular formula is C16H21ClF3N3O2. The third-order valence-electron chi connectivity index (χ3n) is 4.30. The van der Waals surface area contributed by atoms with E-state index < -0.39 is 6.36 Å². The van der Waals surface area contributed by atoms with Crippen LogP contribution in [0.2, 0.25) is 0 Å². The number of benzene rings is 1. The molecule has 1 atom stereocenters. The van der Waals surface area contributed by atoms with Crippen LogP contribution in [-0.4, -0.2) is 55.9 Å². The molecule has 1 aromatic carbocycles. The van der Waals surface area contributed by atoms with Crippen LogP contribution in [0.15, 0.2) is 18.2 Å². The average Bonchev–Trinajstić information content (AvgIpc) is 2.88. The number of hydrogen-bond acceptors (Lipinski definition) is 4. The van der Waals surface area contributed by atoms with Gasteiger partial charge in [0.25, 0.3) is 0 Å². The number of carbonyl (C=O) groups is 1. The first kappa shape index (κ1) is 19.8. The van der Waals surface area contributed by atoms with Crippen molar-refractivity contribution in [2.75, 3.05) is 37.6 Å². The third kappa shape index (κ3) is 4.99. The van der Waals surface area contributed by atoms with E-state index in [4.69, 9.17) is 0 Å². The van der Waals surface area contributed by atoms with Crippen molar-refractivity contribution in [2.24, 2.45) is 0 Å². The maximum Gasteiger partial charge on any atom is 0.573 e. The molecule has 2 aliphatic rings. The van der Waals surface area contributed by atoms with Gasteiger partial charge in [-0.3, -0.25) is 9.69 Å². The van der Waals surface area contributed by atoms with Crippen LogP contribution in [0.3, 0.4) is 0 Å². The molecule has 0 spiro atoms. The third-order valence-corrected chi connectivity index (χ3v) is 4.30. The van der Waals surface area contributed by atoms with Gasteiger partial charge in [-0.05, 0) is 25.0 Å². The van der Waals surface area contributed by atoms with Crippen LogP contribution in [0.4, 0.5) is 18.9 Å². The SMILES string of the molecule is CC1CN(CC(=O)N2CCc3ccc(OC(F)(F)F)cc32)CCN1.Cl. The van der Waals surface area contributed by atoms with Crippen molar-refractivity contribution >= 4 is 24.0 Å². The van der Waals surface area contributed by atoms with Gasteiger partial charge in [0.05, 0.1) is 12.2 Å². The molecule has 5 nitrogen and oxygen atoms in total. The normalized spacial score (nSPS) is 20.8. The fraction of sp³-hybridized carbons (Fsp3) is 0.562. The molecular weight excluding hydrogens is 359 g/mol. The number of fused-ring (bicyclic) bond motifs is 1. The minimum absolute atomic E-state index is 0. The molecule has 1 saturated heterocycles. The molecule has 1 amide bonds. The largest absolute Gasteiger partial charge is 0.573 e. The van der Waals surface area contributed by atoms with Gasteiger partial charge in [-0.2, -0.15) is 0 Å². The Balaban J connectivity index is 0.00000225. The van der Waals surface area contributed by atoms with Gasteiger partial charge >= 0.3 is 6.36 Å². The Morgan fingerprint density at radius 1 is 1.36 bits per heavy atom. The Morgan fingerprint density at radius 3 is 2.80 bits per heavy atom. The first-order chi connectivity index (χ1) is 11.3. The highest BCUT2D eigenvalue weighted by atomic mass is 35.5. The highest BCUT2D eigenvalue weighted by Gasteiger charge is 2.33. The summed E-state index contributed by atoms with van der Waals surface area (Å²) >= 11 is 0. The molecule has 25 heavy (non-hydrogen) atoms. The van der Waals surface area contributed by atoms with Crippen LogP contribution in [0.1, 0.15) is 12.5 Å². The number of nitrogens with one attached hydrogen (secondary N) is 1. The van der Waals surface area contributed by atoms with Crippen molar-refractivity contribution in [3.63, 3.8) is 0 Å². The minimum atomic E-state index is -4.74. The first-order valence-corrected chi connectivity index (χ1v) is 7.96. The topological polar surface area (TPSA) is 44.8 Å². The molecule has 9 heteroatoms. The molecule has 1 fully saturated rings. The van der Waals surface area contributed by atoms with Crippen molar-refractivity contribution in [3.05, 3.63) is 23.8 Å². The zero-order chi connectivity index (χ0) is 17.3. The molecule has 0 bridgehead atoms. The number of hydrogen-bond donors (Lipinski definition) is 1. The summed E-state index contributed by atoms with van der Waals surface area (Å²) in [6, 6.07) is 4.51. The van der Waals surface area contributed by atoms with Crippen LogP contribution in [-0.2, 0) is 11.2 Å². The second kappa shape index (κ2) is 7.80. The van der Waals surface area contributed by atoms with Gasteiger partial charge < -0.3 is 15.0 Å². The summed E-state index contributed by atoms with van der Waals surface area (Å²) in [5, 5.41) is 3.31. The van der Waals surface area contributed by atoms with Crippen LogP contribution in [0.25, 0.3) is 0 Å². The number of nitrogens with zero attached hydrogens (tertiary/aromatic N) is 2. The zero-order valence-corrected chi connectivity index (χ0v) is 14.6. The summed E-state index contributed by atoms with van der Waals surface area (Å²) in [6.07, 6.45) is -4.09. The van der Waals surface area contributed by atoms with Crippen LogP contribution in [0.5, 0.6) is 5.75 Å². The van der Waals surface area contributed by atoms with Gasteiger partial charge in [0.15, 0.2) is 0 Å². The number of carbonyl (C=O) groups excluding carboxylic acids is 1. The molecule has 1 unspecified atom stereocenters. The van der Waals surface area contributed by atoms with Gasteiger partial charge in [-0.15, -0.1) is 25.6 Å². The standard InChI is InChI=1S/C16H20F3N3O2.ClH/c1-11-9-21(7-5-20-11)10-15(23)22-6-4-12-2-3-13(8-14(12)22)24-16(17,18)19;/h2-3,8,11,20H,4-7,9-10H2,1H3;1H. The van der Waals surface area contributed by atoms with E-state index >= 15 is 0 Å². The lowest BCUT2D eigenvalue weighted by Crippen LogP contribution is -2.52. The van der Waals surface area contributed by atoms with Crippen molar-refractivity contribution in [1.82, 2.24) is 10.2 Å². The molecule has 0 aliphatic carbocycles. The molecule has 1 N–H and O–H groups in total. The molecule has 2 heterocycles. The first-order valence-electron chi connectivity index (χ1n) is 7.96. The quantitative estimate of drug-likeness (QED) is 0.874. The number of piperazine rings is 1. The summed E-state index contributed by atoms with van der Waals surface area (Å²) in [5.41, 5.74) is 1.39. The average molecular weight is 380 g/mol. The molecule has 0 saturated carbocycles. The smallest absolute Gasteiger partial charge is 0.406 e. The summed E-state index contributed by atoms with van der Waals surface area (Å²) < 4.78 is 41.1. The Labute approximate surface area is 150 Å². The number of alkyl halides is 3. The van der Waals surface area contributed by atoms with Gasteiger partial charge in [0, 0.05) is 38.3 Å². The summed E-state index contributed by atoms with van der Waals surface area (Å²) in [5.74, 6) is -0.385. The van der Waals surface area contributed by atoms with Crippen LogP contribution < -0.4 is 15.0 Å². The Hall–Kier alpha value is -1.51. The Bertz CT molecular complexity index is 627. The maximum atomic E-state index is 12.6. The van der Waals surface area contributed by atoms with Crippen molar-refractivity contribution in [1.29, 1.82) is 0 Å². The molecule has 0 aromatic heterocycles. The molecule has 2 aliphatic heterocycles. The van der Waals surface area contributed by atoms with Gasteiger partial charge in [0.1, 0.15) is 5.75 Å². The monoisotopic (exact) mass is 379 g/mol. The molecule has 1 aromatic rings. The fourth-order valence-electron chi connectivity index (χ4n) is 3.25. The van der Waals surface area contributed by atoms with Crippen LogP contribution in [0, 0.1) is 0 Å². The molecule has 3 rings (SSSR count). The summed E-state index contributed by atoms with van der Waals surface area (Å²) in [4.78, 5) is 16.2. The van der Waals surface area contributed by atoms with E-state index in [1.165, 1.54) is 12.1 Å². The van der Waals surface area contributed by atoms with Crippen molar-refractivity contribution in [3.8, 4) is 5.75 Å². The highest BCUT2D eigenvalue weighted by molar-refractivity contribution is 5.97. The van der Waals surface area contributed by atoms with Crippen molar-refractivity contribution in [2.45, 2.75) is 25.7 Å². The number of amides is 1. The van der Waals surface area contributed by atoms with Gasteiger partial charge in [0.2, 0.25) is 5.91 Å². The van der Waals surface area contributed by atoms with E-state index in [2.05, 4.69) is 21.9 Å². The Kier molecular flexibility index (Phi) is 6.18. The van der Waals surface area contributed by atoms with Crippen molar-refractivity contribution < 1.29 is 22.7 Å². The van der Waals surface area contributed by atoms with E-state index in [0.29, 0.717) is 24.7 Å². The highest BCUT2D eigenvalue weighted by Crippen LogP contribution is 2.34. The van der Waals surface area contributed by atoms with Gasteiger partial charge in [-0.25, -0.2) is 0 Å². The second-order valence-corrected chi connectivity index (χ2v) is 6.22. The summed E-state index contributed by atoms with van der Waals surface area (Å²) in [6.45, 7) is 5.22. The van der Waals surface area contributed by atoms with Gasteiger partial charge in [-0.1, -0.05) is 6.07 Å². The lowest BCUT2D eigenvalue weighted by molar-refractivity contribution is -0.274. The summed E-state index contributed by atoms with van der Waals surface area (Å²) in [7, 11) is 0. The van der Waals surface area contributed by atoms with E-state index in [9.17, 15) is 18.0 Å². The molecule has 140 valence electrons. The van der Waals surface area contributed by atoms with E-state index in [-0.39, 0.29) is 30.6 Å².